The molecule has 2 aromatic rings. The number of amides is 2. The Hall–Kier alpha value is -3.13. The van der Waals surface area contributed by atoms with Crippen molar-refractivity contribution in [2.45, 2.75) is 19.4 Å². The van der Waals surface area contributed by atoms with E-state index in [1.807, 2.05) is 31.2 Å². The van der Waals surface area contributed by atoms with E-state index in [0.29, 0.717) is 17.9 Å². The lowest BCUT2D eigenvalue weighted by molar-refractivity contribution is 0.249. The van der Waals surface area contributed by atoms with Crippen molar-refractivity contribution in [3.05, 3.63) is 54.1 Å². The molecule has 5 nitrogen and oxygen atoms in total. The van der Waals surface area contributed by atoms with Crippen molar-refractivity contribution >= 4 is 11.7 Å². The molecule has 2 amide bonds. The van der Waals surface area contributed by atoms with Crippen LogP contribution in [-0.2, 0) is 6.42 Å². The molecule has 2 rings (SSSR count). The van der Waals surface area contributed by atoms with Gasteiger partial charge in [0, 0.05) is 17.8 Å². The van der Waals surface area contributed by atoms with Crippen molar-refractivity contribution in [2.24, 2.45) is 0 Å². The highest BCUT2D eigenvalue weighted by Gasteiger charge is 2.09. The summed E-state index contributed by atoms with van der Waals surface area (Å²) < 4.78 is 10.6. The minimum Gasteiger partial charge on any atom is -0.497 e. The van der Waals surface area contributed by atoms with Gasteiger partial charge in [0.15, 0.2) is 0 Å². The van der Waals surface area contributed by atoms with Gasteiger partial charge < -0.3 is 20.1 Å². The highest BCUT2D eigenvalue weighted by Crippen LogP contribution is 2.17. The Balaban J connectivity index is 1.87. The molecule has 130 valence electrons. The van der Waals surface area contributed by atoms with Gasteiger partial charge in [0.2, 0.25) is 0 Å². The SMILES string of the molecule is C#CCOc1cccc(NC(=O)NC(C)Cc2cccc(OC)c2)c1. The Morgan fingerprint density at radius 3 is 2.72 bits per heavy atom. The molecule has 0 aromatic heterocycles. The van der Waals surface area contributed by atoms with E-state index in [-0.39, 0.29) is 18.7 Å². The van der Waals surface area contributed by atoms with E-state index in [9.17, 15) is 4.79 Å². The van der Waals surface area contributed by atoms with Crippen molar-refractivity contribution in [2.75, 3.05) is 19.0 Å². The number of ether oxygens (including phenoxy) is 2. The van der Waals surface area contributed by atoms with Crippen LogP contribution in [0.5, 0.6) is 11.5 Å². The van der Waals surface area contributed by atoms with Gasteiger partial charge in [-0.2, -0.15) is 0 Å². The normalized spacial score (nSPS) is 11.1. The molecule has 2 N–H and O–H groups in total. The molecule has 0 saturated heterocycles. The molecular weight excluding hydrogens is 316 g/mol. The summed E-state index contributed by atoms with van der Waals surface area (Å²) in [6.45, 7) is 2.14. The van der Waals surface area contributed by atoms with Crippen molar-refractivity contribution < 1.29 is 14.3 Å². The van der Waals surface area contributed by atoms with Crippen LogP contribution < -0.4 is 20.1 Å². The zero-order chi connectivity index (χ0) is 18.1. The molecule has 2 aromatic carbocycles. The van der Waals surface area contributed by atoms with Crippen LogP contribution in [0.2, 0.25) is 0 Å². The van der Waals surface area contributed by atoms with Gasteiger partial charge in [-0.15, -0.1) is 6.42 Å². The number of rotatable bonds is 7. The topological polar surface area (TPSA) is 59.6 Å². The molecule has 0 fully saturated rings. The minimum atomic E-state index is -0.274. The van der Waals surface area contributed by atoms with Crippen LogP contribution in [0, 0.1) is 12.3 Å². The molecular formula is C20H22N2O3. The van der Waals surface area contributed by atoms with E-state index in [4.69, 9.17) is 15.9 Å². The number of methoxy groups -OCH3 is 1. The van der Waals surface area contributed by atoms with Gasteiger partial charge >= 0.3 is 6.03 Å². The second kappa shape index (κ2) is 9.24. The summed E-state index contributed by atoms with van der Waals surface area (Å²) in [6, 6.07) is 14.6. The Labute approximate surface area is 148 Å². The lowest BCUT2D eigenvalue weighted by atomic mass is 10.1. The first-order chi connectivity index (χ1) is 12.1. The Kier molecular flexibility index (Phi) is 6.73. The average Bonchev–Trinajstić information content (AvgIpc) is 2.60. The second-order valence-electron chi connectivity index (χ2n) is 5.58. The van der Waals surface area contributed by atoms with Crippen molar-refractivity contribution in [3.8, 4) is 23.8 Å². The Bertz CT molecular complexity index is 753. The fourth-order valence-corrected chi connectivity index (χ4v) is 2.38. The molecule has 1 atom stereocenters. The molecule has 0 spiro atoms. The molecule has 1 unspecified atom stereocenters. The van der Waals surface area contributed by atoms with E-state index >= 15 is 0 Å². The first-order valence-electron chi connectivity index (χ1n) is 7.97. The number of terminal acetylenes is 1. The summed E-state index contributed by atoms with van der Waals surface area (Å²) in [5.74, 6) is 3.82. The quantitative estimate of drug-likeness (QED) is 0.760. The van der Waals surface area contributed by atoms with Crippen LogP contribution in [0.3, 0.4) is 0 Å². The van der Waals surface area contributed by atoms with E-state index < -0.39 is 0 Å². The molecule has 0 saturated carbocycles. The third-order valence-corrected chi connectivity index (χ3v) is 3.47. The van der Waals surface area contributed by atoms with E-state index in [2.05, 4.69) is 16.6 Å². The number of carbonyl (C=O) groups is 1. The van der Waals surface area contributed by atoms with Crippen LogP contribution in [0.1, 0.15) is 12.5 Å². The maximum absolute atomic E-state index is 12.1. The number of urea groups is 1. The fraction of sp³-hybridized carbons (Fsp3) is 0.250. The molecule has 0 heterocycles. The first-order valence-corrected chi connectivity index (χ1v) is 7.97. The highest BCUT2D eigenvalue weighted by molar-refractivity contribution is 5.89. The number of nitrogens with one attached hydrogen (secondary N) is 2. The van der Waals surface area contributed by atoms with E-state index in [1.165, 1.54) is 0 Å². The lowest BCUT2D eigenvalue weighted by Crippen LogP contribution is -2.37. The summed E-state index contributed by atoms with van der Waals surface area (Å²) in [4.78, 5) is 12.1. The number of hydrogen-bond acceptors (Lipinski definition) is 3. The van der Waals surface area contributed by atoms with Gasteiger partial charge in [0.1, 0.15) is 18.1 Å². The van der Waals surface area contributed by atoms with Crippen LogP contribution in [0.25, 0.3) is 0 Å². The zero-order valence-corrected chi connectivity index (χ0v) is 14.4. The Morgan fingerprint density at radius 1 is 1.20 bits per heavy atom. The standard InChI is InChI=1S/C20H22N2O3/c1-4-11-25-19-10-6-8-17(14-19)22-20(23)21-15(2)12-16-7-5-9-18(13-16)24-3/h1,5-10,13-15H,11-12H2,2-3H3,(H2,21,22,23). The summed E-state index contributed by atoms with van der Waals surface area (Å²) in [7, 11) is 1.63. The van der Waals surface area contributed by atoms with Gasteiger partial charge in [0.05, 0.1) is 7.11 Å². The second-order valence-corrected chi connectivity index (χ2v) is 5.58. The number of carbonyl (C=O) groups excluding carboxylic acids is 1. The highest BCUT2D eigenvalue weighted by atomic mass is 16.5. The maximum Gasteiger partial charge on any atom is 0.319 e. The lowest BCUT2D eigenvalue weighted by Gasteiger charge is -2.15. The molecule has 0 aliphatic carbocycles. The fourth-order valence-electron chi connectivity index (χ4n) is 2.38. The van der Waals surface area contributed by atoms with Crippen LogP contribution in [0.4, 0.5) is 10.5 Å². The van der Waals surface area contributed by atoms with E-state index in [1.54, 1.807) is 31.4 Å². The van der Waals surface area contributed by atoms with Gasteiger partial charge in [0.25, 0.3) is 0 Å². The molecule has 25 heavy (non-hydrogen) atoms. The molecule has 0 radical (unpaired) electrons. The zero-order valence-electron chi connectivity index (χ0n) is 14.4. The third-order valence-electron chi connectivity index (χ3n) is 3.47. The minimum absolute atomic E-state index is 0.0343. The molecule has 5 heteroatoms. The average molecular weight is 338 g/mol. The Morgan fingerprint density at radius 2 is 1.96 bits per heavy atom. The van der Waals surface area contributed by atoms with Crippen LogP contribution in [-0.4, -0.2) is 25.8 Å². The predicted octanol–water partition coefficient (Wildman–Crippen LogP) is 3.46. The predicted molar refractivity (Wildman–Crippen MR) is 99.1 cm³/mol. The molecule has 0 aliphatic rings. The number of benzene rings is 2. The summed E-state index contributed by atoms with van der Waals surface area (Å²) in [5.41, 5.74) is 1.73. The molecule has 0 bridgehead atoms. The van der Waals surface area contributed by atoms with Gasteiger partial charge in [-0.3, -0.25) is 0 Å². The van der Waals surface area contributed by atoms with Crippen LogP contribution >= 0.6 is 0 Å². The summed E-state index contributed by atoms with van der Waals surface area (Å²) in [6.07, 6.45) is 5.87. The smallest absolute Gasteiger partial charge is 0.319 e. The number of hydrogen-bond donors (Lipinski definition) is 2. The van der Waals surface area contributed by atoms with Gasteiger partial charge in [-0.25, -0.2) is 4.79 Å². The van der Waals surface area contributed by atoms with Crippen LogP contribution in [0.15, 0.2) is 48.5 Å². The number of anilines is 1. The van der Waals surface area contributed by atoms with Crippen molar-refractivity contribution in [1.82, 2.24) is 5.32 Å². The van der Waals surface area contributed by atoms with Gasteiger partial charge in [-0.05, 0) is 43.2 Å². The monoisotopic (exact) mass is 338 g/mol. The van der Waals surface area contributed by atoms with Crippen molar-refractivity contribution in [3.63, 3.8) is 0 Å². The maximum atomic E-state index is 12.1. The first kappa shape index (κ1) is 18.2. The summed E-state index contributed by atoms with van der Waals surface area (Å²) in [5, 5.41) is 5.70. The third kappa shape index (κ3) is 6.11. The molecule has 0 aliphatic heterocycles. The largest absolute Gasteiger partial charge is 0.497 e. The van der Waals surface area contributed by atoms with E-state index in [0.717, 1.165) is 11.3 Å². The summed E-state index contributed by atoms with van der Waals surface area (Å²) >= 11 is 0. The van der Waals surface area contributed by atoms with Gasteiger partial charge in [-0.1, -0.05) is 24.1 Å². The van der Waals surface area contributed by atoms with Crippen molar-refractivity contribution in [1.29, 1.82) is 0 Å².